The third-order valence-electron chi connectivity index (χ3n) is 4.53. The molecule has 1 aromatic rings. The van der Waals surface area contributed by atoms with Crippen LogP contribution in [0.15, 0.2) is 6.20 Å². The van der Waals surface area contributed by atoms with Crippen molar-refractivity contribution < 1.29 is 9.53 Å². The van der Waals surface area contributed by atoms with Crippen molar-refractivity contribution in [3.05, 3.63) is 11.9 Å². The van der Waals surface area contributed by atoms with Crippen LogP contribution in [0.3, 0.4) is 0 Å². The van der Waals surface area contributed by atoms with Crippen molar-refractivity contribution in [3.8, 4) is 0 Å². The Morgan fingerprint density at radius 1 is 1.55 bits per heavy atom. The van der Waals surface area contributed by atoms with Crippen LogP contribution in [0.2, 0.25) is 0 Å². The molecule has 2 fully saturated rings. The van der Waals surface area contributed by atoms with Crippen LogP contribution in [0.4, 0.5) is 4.79 Å². The predicted molar refractivity (Wildman–Crippen MR) is 80.4 cm³/mol. The van der Waals surface area contributed by atoms with Gasteiger partial charge >= 0.3 is 6.03 Å². The highest BCUT2D eigenvalue weighted by molar-refractivity contribution is 5.74. The fourth-order valence-corrected chi connectivity index (χ4v) is 2.93. The van der Waals surface area contributed by atoms with Gasteiger partial charge in [-0.1, -0.05) is 5.21 Å². The summed E-state index contributed by atoms with van der Waals surface area (Å²) >= 11 is 0. The summed E-state index contributed by atoms with van der Waals surface area (Å²) in [4.78, 5) is 14.1. The zero-order valence-electron chi connectivity index (χ0n) is 13.2. The standard InChI is InChI=1S/C14H24N6O2/c1-10-11(2)22-6-5-19(10)14(21)16-7-12-9-20(18-17-12)13-3-4-15-8-13/h9-11,13,15H,3-8H2,1-2H3,(H,16,21). The molecule has 0 saturated carbocycles. The fraction of sp³-hybridized carbons (Fsp3) is 0.786. The number of carbonyl (C=O) groups is 1. The largest absolute Gasteiger partial charge is 0.375 e. The van der Waals surface area contributed by atoms with Gasteiger partial charge in [0.15, 0.2) is 0 Å². The Labute approximate surface area is 130 Å². The summed E-state index contributed by atoms with van der Waals surface area (Å²) in [6.07, 6.45) is 3.05. The van der Waals surface area contributed by atoms with E-state index in [2.05, 4.69) is 20.9 Å². The monoisotopic (exact) mass is 308 g/mol. The molecule has 0 spiro atoms. The third-order valence-corrected chi connectivity index (χ3v) is 4.53. The van der Waals surface area contributed by atoms with E-state index >= 15 is 0 Å². The van der Waals surface area contributed by atoms with Crippen molar-refractivity contribution in [1.82, 2.24) is 30.5 Å². The molecular weight excluding hydrogens is 284 g/mol. The topological polar surface area (TPSA) is 84.3 Å². The van der Waals surface area contributed by atoms with Gasteiger partial charge in [0.05, 0.1) is 37.5 Å². The Balaban J connectivity index is 1.52. The van der Waals surface area contributed by atoms with Crippen LogP contribution in [0.25, 0.3) is 0 Å². The van der Waals surface area contributed by atoms with Gasteiger partial charge in [0.25, 0.3) is 0 Å². The Kier molecular flexibility index (Phi) is 4.58. The summed E-state index contributed by atoms with van der Waals surface area (Å²) in [6, 6.07) is 0.380. The molecule has 2 N–H and O–H groups in total. The minimum absolute atomic E-state index is 0.0650. The maximum Gasteiger partial charge on any atom is 0.318 e. The summed E-state index contributed by atoms with van der Waals surface area (Å²) in [5.41, 5.74) is 0.786. The number of amides is 2. The summed E-state index contributed by atoms with van der Waals surface area (Å²) in [6.45, 7) is 7.55. The van der Waals surface area contributed by atoms with Gasteiger partial charge < -0.3 is 20.3 Å². The second-order valence-electron chi connectivity index (χ2n) is 6.01. The van der Waals surface area contributed by atoms with E-state index in [1.54, 1.807) is 0 Å². The number of carbonyl (C=O) groups excluding carboxylic acids is 1. The number of rotatable bonds is 3. The normalized spacial score (nSPS) is 28.8. The molecule has 0 radical (unpaired) electrons. The van der Waals surface area contributed by atoms with Crippen LogP contribution in [0, 0.1) is 0 Å². The molecule has 122 valence electrons. The maximum absolute atomic E-state index is 12.3. The predicted octanol–water partition coefficient (Wildman–Crippen LogP) is 0.131. The van der Waals surface area contributed by atoms with E-state index in [-0.39, 0.29) is 18.2 Å². The first-order chi connectivity index (χ1) is 10.6. The molecule has 2 amide bonds. The lowest BCUT2D eigenvalue weighted by molar-refractivity contribution is -0.0376. The molecule has 2 aliphatic rings. The lowest BCUT2D eigenvalue weighted by atomic mass is 10.1. The molecule has 3 heterocycles. The second kappa shape index (κ2) is 6.62. The van der Waals surface area contributed by atoms with E-state index < -0.39 is 0 Å². The van der Waals surface area contributed by atoms with Gasteiger partial charge in [-0.2, -0.15) is 0 Å². The number of aromatic nitrogens is 3. The summed E-state index contributed by atoms with van der Waals surface area (Å²) in [7, 11) is 0. The molecule has 2 aliphatic heterocycles. The van der Waals surface area contributed by atoms with Crippen LogP contribution in [0.5, 0.6) is 0 Å². The first-order valence-electron chi connectivity index (χ1n) is 7.92. The lowest BCUT2D eigenvalue weighted by Gasteiger charge is -2.37. The van der Waals surface area contributed by atoms with Gasteiger partial charge in [-0.3, -0.25) is 0 Å². The van der Waals surface area contributed by atoms with Crippen LogP contribution in [-0.2, 0) is 11.3 Å². The van der Waals surface area contributed by atoms with Crippen molar-refractivity contribution >= 4 is 6.03 Å². The van der Waals surface area contributed by atoms with Gasteiger partial charge in [0.2, 0.25) is 0 Å². The minimum atomic E-state index is -0.0697. The molecule has 0 aromatic carbocycles. The van der Waals surface area contributed by atoms with E-state index in [1.165, 1.54) is 0 Å². The highest BCUT2D eigenvalue weighted by atomic mass is 16.5. The fourth-order valence-electron chi connectivity index (χ4n) is 2.93. The molecule has 8 nitrogen and oxygen atoms in total. The number of ether oxygens (including phenoxy) is 1. The van der Waals surface area contributed by atoms with Crippen molar-refractivity contribution in [2.45, 2.75) is 45.0 Å². The van der Waals surface area contributed by atoms with Crippen molar-refractivity contribution in [3.63, 3.8) is 0 Å². The molecule has 0 bridgehead atoms. The number of urea groups is 1. The van der Waals surface area contributed by atoms with Crippen LogP contribution >= 0.6 is 0 Å². The third kappa shape index (κ3) is 3.22. The van der Waals surface area contributed by atoms with Crippen LogP contribution < -0.4 is 10.6 Å². The lowest BCUT2D eigenvalue weighted by Crippen LogP contribution is -2.54. The second-order valence-corrected chi connectivity index (χ2v) is 6.01. The van der Waals surface area contributed by atoms with Crippen molar-refractivity contribution in [2.24, 2.45) is 0 Å². The summed E-state index contributed by atoms with van der Waals surface area (Å²) < 4.78 is 7.43. The molecule has 3 atom stereocenters. The average Bonchev–Trinajstić information content (AvgIpc) is 3.18. The zero-order chi connectivity index (χ0) is 15.5. The highest BCUT2D eigenvalue weighted by Gasteiger charge is 2.29. The molecular formula is C14H24N6O2. The van der Waals surface area contributed by atoms with E-state index in [1.807, 2.05) is 29.6 Å². The number of hydrogen-bond donors (Lipinski definition) is 2. The van der Waals surface area contributed by atoms with Gasteiger partial charge in [0.1, 0.15) is 5.69 Å². The van der Waals surface area contributed by atoms with E-state index in [4.69, 9.17) is 4.74 Å². The van der Waals surface area contributed by atoms with Gasteiger partial charge in [-0.15, -0.1) is 5.10 Å². The van der Waals surface area contributed by atoms with Gasteiger partial charge in [0, 0.05) is 13.1 Å². The summed E-state index contributed by atoms with van der Waals surface area (Å²) in [5, 5.41) is 14.5. The van der Waals surface area contributed by atoms with Gasteiger partial charge in [-0.05, 0) is 26.8 Å². The smallest absolute Gasteiger partial charge is 0.318 e. The van der Waals surface area contributed by atoms with Crippen molar-refractivity contribution in [1.29, 1.82) is 0 Å². The van der Waals surface area contributed by atoms with Crippen LogP contribution in [-0.4, -0.2) is 64.3 Å². The Morgan fingerprint density at radius 2 is 2.41 bits per heavy atom. The Morgan fingerprint density at radius 3 is 3.18 bits per heavy atom. The quantitative estimate of drug-likeness (QED) is 0.829. The molecule has 1 aromatic heterocycles. The minimum Gasteiger partial charge on any atom is -0.375 e. The molecule has 3 unspecified atom stereocenters. The molecule has 2 saturated heterocycles. The number of nitrogens with one attached hydrogen (secondary N) is 2. The van der Waals surface area contributed by atoms with Crippen molar-refractivity contribution in [2.75, 3.05) is 26.2 Å². The molecule has 0 aliphatic carbocycles. The molecule has 3 rings (SSSR count). The average molecular weight is 308 g/mol. The molecule has 8 heteroatoms. The van der Waals surface area contributed by atoms with Gasteiger partial charge in [-0.25, -0.2) is 9.48 Å². The zero-order valence-corrected chi connectivity index (χ0v) is 13.2. The Hall–Kier alpha value is -1.67. The van der Waals surface area contributed by atoms with E-state index in [0.717, 1.165) is 25.2 Å². The number of nitrogens with zero attached hydrogens (tertiary/aromatic N) is 4. The highest BCUT2D eigenvalue weighted by Crippen LogP contribution is 2.14. The van der Waals surface area contributed by atoms with Crippen LogP contribution in [0.1, 0.15) is 32.0 Å². The van der Waals surface area contributed by atoms with E-state index in [0.29, 0.717) is 25.7 Å². The van der Waals surface area contributed by atoms with E-state index in [9.17, 15) is 4.79 Å². The maximum atomic E-state index is 12.3. The number of hydrogen-bond acceptors (Lipinski definition) is 5. The number of morpholine rings is 1. The molecule has 22 heavy (non-hydrogen) atoms. The summed E-state index contributed by atoms with van der Waals surface area (Å²) in [5.74, 6) is 0. The first-order valence-corrected chi connectivity index (χ1v) is 7.92. The SMILES string of the molecule is CC1OCCN(C(=O)NCc2cn(C3CCNC3)nn2)C1C. The Bertz CT molecular complexity index is 513. The first kappa shape index (κ1) is 15.2.